The van der Waals surface area contributed by atoms with E-state index in [1.54, 1.807) is 0 Å². The number of hydrogen-bond donors (Lipinski definition) is 2. The van der Waals surface area contributed by atoms with Crippen molar-refractivity contribution in [3.63, 3.8) is 0 Å². The predicted molar refractivity (Wildman–Crippen MR) is 121 cm³/mol. The molecule has 2 fully saturated rings. The van der Waals surface area contributed by atoms with Gasteiger partial charge < -0.3 is 20.1 Å². The first-order valence-corrected chi connectivity index (χ1v) is 11.7. The summed E-state index contributed by atoms with van der Waals surface area (Å²) in [7, 11) is 0. The quantitative estimate of drug-likeness (QED) is 0.680. The predicted octanol–water partition coefficient (Wildman–Crippen LogP) is 3.27. The molecule has 1 heterocycles. The van der Waals surface area contributed by atoms with E-state index in [-0.39, 0.29) is 24.5 Å². The summed E-state index contributed by atoms with van der Waals surface area (Å²) >= 11 is 0. The second-order valence-corrected chi connectivity index (χ2v) is 8.90. The summed E-state index contributed by atoms with van der Waals surface area (Å²) in [5, 5.41) is 5.23. The lowest BCUT2D eigenvalue weighted by Crippen LogP contribution is -2.87. The van der Waals surface area contributed by atoms with Gasteiger partial charge in [0.15, 0.2) is 0 Å². The van der Waals surface area contributed by atoms with Crippen molar-refractivity contribution in [3.05, 3.63) is 71.8 Å². The van der Waals surface area contributed by atoms with Crippen LogP contribution in [-0.4, -0.2) is 31.2 Å². The summed E-state index contributed by atoms with van der Waals surface area (Å²) < 4.78 is 11.6. The fourth-order valence-electron chi connectivity index (χ4n) is 4.81. The van der Waals surface area contributed by atoms with Crippen LogP contribution in [0.1, 0.15) is 49.7 Å². The number of benzene rings is 2. The number of nitrogens with one attached hydrogen (secondary N) is 1. The van der Waals surface area contributed by atoms with E-state index in [4.69, 9.17) is 9.47 Å². The Kier molecular flexibility index (Phi) is 7.43. The Morgan fingerprint density at radius 2 is 1.53 bits per heavy atom. The van der Waals surface area contributed by atoms with Crippen LogP contribution in [0, 0.1) is 5.92 Å². The van der Waals surface area contributed by atoms with Crippen LogP contribution in [0.25, 0.3) is 0 Å². The van der Waals surface area contributed by atoms with Gasteiger partial charge in [-0.1, -0.05) is 60.7 Å². The maximum atomic E-state index is 13.1. The zero-order valence-corrected chi connectivity index (χ0v) is 18.5. The monoisotopic (exact) mass is 437 g/mol. The lowest BCUT2D eigenvalue weighted by atomic mass is 9.83. The van der Waals surface area contributed by atoms with Crippen molar-refractivity contribution < 1.29 is 24.4 Å². The first-order chi connectivity index (χ1) is 15.6. The fourth-order valence-corrected chi connectivity index (χ4v) is 4.81. The Labute approximate surface area is 189 Å². The molecule has 0 atom stereocenters. The molecule has 32 heavy (non-hydrogen) atoms. The van der Waals surface area contributed by atoms with Gasteiger partial charge in [0.2, 0.25) is 0 Å². The van der Waals surface area contributed by atoms with E-state index < -0.39 is 11.7 Å². The summed E-state index contributed by atoms with van der Waals surface area (Å²) in [5.41, 5.74) is 1.54. The minimum atomic E-state index is -0.510. The summed E-state index contributed by atoms with van der Waals surface area (Å²) in [4.78, 5) is 25.2. The Hall–Kier alpha value is -2.86. The van der Waals surface area contributed by atoms with Gasteiger partial charge in [0.05, 0.1) is 19.0 Å². The molecule has 170 valence electrons. The molecule has 2 aromatic rings. The first-order valence-electron chi connectivity index (χ1n) is 11.7. The average Bonchev–Trinajstić information content (AvgIpc) is 2.85. The molecule has 0 aromatic heterocycles. The first kappa shape index (κ1) is 22.3. The average molecular weight is 438 g/mol. The molecule has 1 saturated heterocycles. The van der Waals surface area contributed by atoms with Gasteiger partial charge in [-0.25, -0.2) is 4.79 Å². The highest BCUT2D eigenvalue weighted by Gasteiger charge is 2.41. The van der Waals surface area contributed by atoms with Gasteiger partial charge in [-0.05, 0) is 36.8 Å². The van der Waals surface area contributed by atoms with Crippen molar-refractivity contribution in [3.8, 4) is 0 Å². The molecular weight excluding hydrogens is 404 g/mol. The largest absolute Gasteiger partial charge is 0.453 e. The van der Waals surface area contributed by atoms with E-state index in [9.17, 15) is 9.59 Å². The number of rotatable bonds is 6. The molecule has 6 heteroatoms. The molecule has 0 bridgehead atoms. The van der Waals surface area contributed by atoms with Crippen LogP contribution in [0.5, 0.6) is 0 Å². The molecule has 1 aliphatic carbocycles. The Morgan fingerprint density at radius 1 is 0.906 bits per heavy atom. The third-order valence-electron chi connectivity index (χ3n) is 6.70. The molecule has 4 rings (SSSR count). The second-order valence-electron chi connectivity index (χ2n) is 8.90. The number of hydrogen-bond acceptors (Lipinski definition) is 4. The molecule has 3 N–H and O–H groups in total. The minimum absolute atomic E-state index is 0.0367. The Morgan fingerprint density at radius 3 is 2.19 bits per heavy atom. The van der Waals surface area contributed by atoms with Crippen LogP contribution in [0.2, 0.25) is 0 Å². The third-order valence-corrected chi connectivity index (χ3v) is 6.70. The number of carbonyl (C=O) groups is 2. The number of amides is 1. The van der Waals surface area contributed by atoms with Crippen molar-refractivity contribution in [2.45, 2.75) is 56.8 Å². The van der Waals surface area contributed by atoms with Crippen LogP contribution in [0.3, 0.4) is 0 Å². The van der Waals surface area contributed by atoms with Crippen LogP contribution in [-0.2, 0) is 26.5 Å². The SMILES string of the molecule is O=C(NC1CCC(C(=O)OC2(c3ccccc3)CC[NH2+]CC2)CC1)OCc1ccccc1. The van der Waals surface area contributed by atoms with E-state index in [1.807, 2.05) is 48.5 Å². The summed E-state index contributed by atoms with van der Waals surface area (Å²) in [5.74, 6) is -0.208. The molecule has 1 saturated carbocycles. The number of quaternary nitrogens is 1. The van der Waals surface area contributed by atoms with E-state index in [1.165, 1.54) is 0 Å². The van der Waals surface area contributed by atoms with Gasteiger partial charge in [0.1, 0.15) is 12.2 Å². The molecular formula is C26H33N2O4+. The van der Waals surface area contributed by atoms with Gasteiger partial charge in [0, 0.05) is 18.9 Å². The lowest BCUT2D eigenvalue weighted by Gasteiger charge is -2.38. The molecule has 1 amide bonds. The van der Waals surface area contributed by atoms with Crippen LogP contribution in [0.4, 0.5) is 4.79 Å². The molecule has 2 aromatic carbocycles. The van der Waals surface area contributed by atoms with Crippen molar-refractivity contribution in [2.75, 3.05) is 13.1 Å². The van der Waals surface area contributed by atoms with Gasteiger partial charge in [-0.2, -0.15) is 0 Å². The standard InChI is InChI=1S/C26H32N2O4/c29-24(32-26(15-17-27-18-16-26)22-9-5-2-6-10-22)21-11-13-23(14-12-21)28-25(30)31-19-20-7-3-1-4-8-20/h1-10,21,23,27H,11-19H2,(H,28,30)/p+1. The smallest absolute Gasteiger partial charge is 0.407 e. The van der Waals surface area contributed by atoms with Crippen LogP contribution >= 0.6 is 0 Å². The molecule has 6 nitrogen and oxygen atoms in total. The van der Waals surface area contributed by atoms with Gasteiger partial charge in [0.25, 0.3) is 0 Å². The van der Waals surface area contributed by atoms with Gasteiger partial charge >= 0.3 is 12.1 Å². The molecule has 0 spiro atoms. The topological polar surface area (TPSA) is 81.2 Å². The van der Waals surface area contributed by atoms with E-state index in [0.717, 1.165) is 62.7 Å². The highest BCUT2D eigenvalue weighted by atomic mass is 16.6. The maximum absolute atomic E-state index is 13.1. The van der Waals surface area contributed by atoms with Gasteiger partial charge in [-0.15, -0.1) is 0 Å². The van der Waals surface area contributed by atoms with Crippen LogP contribution < -0.4 is 10.6 Å². The third kappa shape index (κ3) is 5.68. The van der Waals surface area contributed by atoms with Crippen molar-refractivity contribution >= 4 is 12.1 Å². The van der Waals surface area contributed by atoms with E-state index in [2.05, 4.69) is 22.8 Å². The zero-order chi connectivity index (χ0) is 22.2. The summed E-state index contributed by atoms with van der Waals surface area (Å²) in [6, 6.07) is 19.8. The minimum Gasteiger partial charge on any atom is -0.453 e. The van der Waals surface area contributed by atoms with Crippen molar-refractivity contribution in [2.24, 2.45) is 5.92 Å². The molecule has 1 aliphatic heterocycles. The number of nitrogens with two attached hydrogens (primary N) is 1. The summed E-state index contributed by atoms with van der Waals surface area (Å²) in [6.07, 6.45) is 4.23. The van der Waals surface area contributed by atoms with Gasteiger partial charge in [-0.3, -0.25) is 4.79 Å². The molecule has 0 radical (unpaired) electrons. The molecule has 2 aliphatic rings. The van der Waals surface area contributed by atoms with Crippen LogP contribution in [0.15, 0.2) is 60.7 Å². The van der Waals surface area contributed by atoms with E-state index in [0.29, 0.717) is 0 Å². The second kappa shape index (κ2) is 10.6. The maximum Gasteiger partial charge on any atom is 0.407 e. The highest BCUT2D eigenvalue weighted by molar-refractivity contribution is 5.73. The number of alkyl carbamates (subject to hydrolysis) is 1. The number of ether oxygens (including phenoxy) is 2. The molecule has 0 unspecified atom stereocenters. The summed E-state index contributed by atoms with van der Waals surface area (Å²) in [6.45, 7) is 2.18. The van der Waals surface area contributed by atoms with E-state index >= 15 is 0 Å². The zero-order valence-electron chi connectivity index (χ0n) is 18.5. The Balaban J connectivity index is 1.26. The lowest BCUT2D eigenvalue weighted by molar-refractivity contribution is -0.668. The van der Waals surface area contributed by atoms with Crippen molar-refractivity contribution in [1.82, 2.24) is 5.32 Å². The number of piperidine rings is 1. The normalized spacial score (nSPS) is 22.5. The number of esters is 1. The number of carbonyl (C=O) groups excluding carboxylic acids is 2. The fraction of sp³-hybridized carbons (Fsp3) is 0.462. The van der Waals surface area contributed by atoms with Crippen molar-refractivity contribution in [1.29, 1.82) is 0 Å². The Bertz CT molecular complexity index is 873. The highest BCUT2D eigenvalue weighted by Crippen LogP contribution is 2.36.